The quantitative estimate of drug-likeness (QED) is 0.621. The number of rotatable bonds is 6. The van der Waals surface area contributed by atoms with Crippen LogP contribution in [-0.2, 0) is 28.8 Å². The minimum atomic E-state index is 0.278. The predicted molar refractivity (Wildman–Crippen MR) is 67.8 cm³/mol. The molecule has 98 valence electrons. The molecule has 0 spiro atoms. The lowest BCUT2D eigenvalue weighted by atomic mass is 9.92. The minimum absolute atomic E-state index is 0.278. The molecule has 1 aliphatic rings. The van der Waals surface area contributed by atoms with Crippen molar-refractivity contribution in [1.29, 1.82) is 0 Å². The van der Waals surface area contributed by atoms with Crippen LogP contribution >= 0.6 is 0 Å². The van der Waals surface area contributed by atoms with Gasteiger partial charge in [0.05, 0.1) is 6.61 Å². The van der Waals surface area contributed by atoms with Gasteiger partial charge in [0.2, 0.25) is 0 Å². The van der Waals surface area contributed by atoms with Gasteiger partial charge in [0.25, 0.3) is 6.47 Å². The van der Waals surface area contributed by atoms with Crippen LogP contribution < -0.4 is 0 Å². The average Bonchev–Trinajstić information content (AvgIpc) is 2.73. The molecule has 0 unspecified atom stereocenters. The Morgan fingerprint density at radius 1 is 1.39 bits per heavy atom. The van der Waals surface area contributed by atoms with Gasteiger partial charge in [-0.15, -0.1) is 0 Å². The number of carbonyl (C=O) groups excluding carboxylic acids is 2. The summed E-state index contributed by atoms with van der Waals surface area (Å²) in [6.45, 7) is 2.99. The summed E-state index contributed by atoms with van der Waals surface area (Å²) in [4.78, 5) is 25.4. The highest BCUT2D eigenvalue weighted by Crippen LogP contribution is 2.28. The largest absolute Gasteiger partial charge is 0.468 e. The molecular formula is C14H19NO3. The van der Waals surface area contributed by atoms with Gasteiger partial charge >= 0.3 is 0 Å². The van der Waals surface area contributed by atoms with Gasteiger partial charge in [-0.1, -0.05) is 6.92 Å². The smallest absolute Gasteiger partial charge is 0.293 e. The molecule has 0 saturated carbocycles. The van der Waals surface area contributed by atoms with Crippen LogP contribution in [0.4, 0.5) is 0 Å². The summed E-state index contributed by atoms with van der Waals surface area (Å²) in [6.07, 6.45) is 5.09. The van der Waals surface area contributed by atoms with Gasteiger partial charge in [-0.3, -0.25) is 9.59 Å². The Balaban J connectivity index is 2.15. The number of nitrogens with one attached hydrogen (secondary N) is 1. The molecule has 0 atom stereocenters. The van der Waals surface area contributed by atoms with Crippen LogP contribution in [0.5, 0.6) is 0 Å². The molecule has 0 aromatic carbocycles. The zero-order valence-electron chi connectivity index (χ0n) is 10.8. The van der Waals surface area contributed by atoms with E-state index in [4.69, 9.17) is 4.74 Å². The summed E-state index contributed by atoms with van der Waals surface area (Å²) in [5, 5.41) is 0. The van der Waals surface area contributed by atoms with Crippen LogP contribution in [0.2, 0.25) is 0 Å². The third-order valence-electron chi connectivity index (χ3n) is 3.49. The fraction of sp³-hybridized carbons (Fsp3) is 0.571. The Bertz CT molecular complexity index is 448. The Kier molecular flexibility index (Phi) is 4.18. The molecule has 4 nitrogen and oxygen atoms in total. The first-order chi connectivity index (χ1) is 8.77. The average molecular weight is 249 g/mol. The molecule has 1 aromatic heterocycles. The van der Waals surface area contributed by atoms with Crippen LogP contribution in [0.15, 0.2) is 0 Å². The van der Waals surface area contributed by atoms with Crippen molar-refractivity contribution in [3.63, 3.8) is 0 Å². The second-order valence-electron chi connectivity index (χ2n) is 4.64. The zero-order valence-corrected chi connectivity index (χ0v) is 10.8. The van der Waals surface area contributed by atoms with Crippen molar-refractivity contribution in [3.8, 4) is 0 Å². The zero-order chi connectivity index (χ0) is 13.0. The van der Waals surface area contributed by atoms with Crippen LogP contribution in [0.25, 0.3) is 0 Å². The molecule has 0 saturated heterocycles. The molecule has 1 aromatic rings. The van der Waals surface area contributed by atoms with Gasteiger partial charge in [0, 0.05) is 23.4 Å². The maximum atomic E-state index is 12.0. The molecule has 2 rings (SSSR count). The lowest BCUT2D eigenvalue weighted by Crippen LogP contribution is -2.10. The monoisotopic (exact) mass is 249 g/mol. The number of ether oxygens (including phenoxy) is 1. The molecule has 0 fully saturated rings. The van der Waals surface area contributed by atoms with Crippen LogP contribution in [-0.4, -0.2) is 23.8 Å². The van der Waals surface area contributed by atoms with E-state index in [2.05, 4.69) is 11.9 Å². The molecule has 0 radical (unpaired) electrons. The number of ketones is 1. The van der Waals surface area contributed by atoms with Gasteiger partial charge in [0.15, 0.2) is 5.78 Å². The maximum absolute atomic E-state index is 12.0. The third kappa shape index (κ3) is 2.47. The Labute approximate surface area is 107 Å². The van der Waals surface area contributed by atoms with Gasteiger partial charge in [-0.05, 0) is 37.7 Å². The molecule has 1 N–H and O–H groups in total. The number of Topliss-reactive ketones (excluding diaryl/α,β-unsaturated/α-hetero) is 1. The summed E-state index contributed by atoms with van der Waals surface area (Å²) >= 11 is 0. The summed E-state index contributed by atoms with van der Waals surface area (Å²) in [6, 6.07) is 0. The number of aromatic nitrogens is 1. The van der Waals surface area contributed by atoms with Crippen molar-refractivity contribution in [2.45, 2.75) is 45.4 Å². The maximum Gasteiger partial charge on any atom is 0.293 e. The van der Waals surface area contributed by atoms with Gasteiger partial charge < -0.3 is 9.72 Å². The fourth-order valence-corrected chi connectivity index (χ4v) is 2.71. The van der Waals surface area contributed by atoms with E-state index >= 15 is 0 Å². The van der Waals surface area contributed by atoms with Crippen molar-refractivity contribution in [1.82, 2.24) is 4.98 Å². The first-order valence-corrected chi connectivity index (χ1v) is 6.59. The van der Waals surface area contributed by atoms with Crippen molar-refractivity contribution in [2.24, 2.45) is 0 Å². The highest BCUT2D eigenvalue weighted by molar-refractivity contribution is 6.00. The van der Waals surface area contributed by atoms with Crippen LogP contribution in [0.3, 0.4) is 0 Å². The first kappa shape index (κ1) is 12.9. The number of carbonyl (C=O) groups is 2. The van der Waals surface area contributed by atoms with Crippen molar-refractivity contribution >= 4 is 12.3 Å². The molecular weight excluding hydrogens is 230 g/mol. The Hall–Kier alpha value is -1.58. The van der Waals surface area contributed by atoms with Crippen molar-refractivity contribution in [2.75, 3.05) is 6.61 Å². The predicted octanol–water partition coefficient (Wildman–Crippen LogP) is 2.20. The summed E-state index contributed by atoms with van der Waals surface area (Å²) in [5.41, 5.74) is 4.36. The van der Waals surface area contributed by atoms with E-state index in [1.165, 1.54) is 5.56 Å². The molecule has 1 aliphatic carbocycles. The first-order valence-electron chi connectivity index (χ1n) is 6.59. The molecule has 0 amide bonds. The van der Waals surface area contributed by atoms with Gasteiger partial charge in [-0.2, -0.15) is 0 Å². The highest BCUT2D eigenvalue weighted by atomic mass is 16.5. The van der Waals surface area contributed by atoms with Gasteiger partial charge in [0.1, 0.15) is 0 Å². The van der Waals surface area contributed by atoms with E-state index in [0.29, 0.717) is 19.5 Å². The number of fused-ring (bicyclic) bond motifs is 1. The highest BCUT2D eigenvalue weighted by Gasteiger charge is 2.24. The van der Waals surface area contributed by atoms with E-state index in [9.17, 15) is 9.59 Å². The second kappa shape index (κ2) is 5.85. The second-order valence-corrected chi connectivity index (χ2v) is 4.64. The lowest BCUT2D eigenvalue weighted by molar-refractivity contribution is -0.128. The van der Waals surface area contributed by atoms with Crippen molar-refractivity contribution in [3.05, 3.63) is 22.5 Å². The Morgan fingerprint density at radius 2 is 2.22 bits per heavy atom. The van der Waals surface area contributed by atoms with E-state index in [1.54, 1.807) is 0 Å². The molecule has 4 heteroatoms. The number of H-pyrrole nitrogens is 1. The fourth-order valence-electron chi connectivity index (χ4n) is 2.71. The standard InChI is InChI=1S/C14H19NO3/c1-2-10-11(6-4-8-18-9-16)15-12-5-3-7-13(17)14(10)12/h9,15H,2-8H2,1H3. The minimum Gasteiger partial charge on any atom is -0.468 e. The summed E-state index contributed by atoms with van der Waals surface area (Å²) in [5.74, 6) is 0.278. The van der Waals surface area contributed by atoms with E-state index in [0.717, 1.165) is 49.1 Å². The number of aromatic amines is 1. The van der Waals surface area contributed by atoms with Crippen LogP contribution in [0, 0.1) is 0 Å². The van der Waals surface area contributed by atoms with E-state index < -0.39 is 0 Å². The summed E-state index contributed by atoms with van der Waals surface area (Å²) in [7, 11) is 0. The number of hydrogen-bond donors (Lipinski definition) is 1. The lowest BCUT2D eigenvalue weighted by Gasteiger charge is -2.10. The van der Waals surface area contributed by atoms with E-state index in [1.807, 2.05) is 0 Å². The van der Waals surface area contributed by atoms with Gasteiger partial charge in [-0.25, -0.2) is 0 Å². The third-order valence-corrected chi connectivity index (χ3v) is 3.49. The topological polar surface area (TPSA) is 59.2 Å². The number of aryl methyl sites for hydroxylation is 2. The SMILES string of the molecule is CCc1c(CCCOC=O)[nH]c2c1C(=O)CCC2. The molecule has 0 bridgehead atoms. The number of hydrogen-bond acceptors (Lipinski definition) is 3. The summed E-state index contributed by atoms with van der Waals surface area (Å²) < 4.78 is 4.69. The van der Waals surface area contributed by atoms with Crippen molar-refractivity contribution < 1.29 is 14.3 Å². The van der Waals surface area contributed by atoms with Crippen LogP contribution in [0.1, 0.15) is 53.5 Å². The normalized spacial score (nSPS) is 14.4. The van der Waals surface area contributed by atoms with E-state index in [-0.39, 0.29) is 5.78 Å². The molecule has 0 aliphatic heterocycles. The Morgan fingerprint density at radius 3 is 2.94 bits per heavy atom. The molecule has 18 heavy (non-hydrogen) atoms. The molecule has 1 heterocycles.